The molecule has 0 aliphatic rings. The van der Waals surface area contributed by atoms with Crippen molar-refractivity contribution < 1.29 is 8.42 Å². The first-order valence-corrected chi connectivity index (χ1v) is 9.94. The number of hydrogen-bond donors (Lipinski definition) is 2. The molecule has 1 aromatic heterocycles. The Morgan fingerprint density at radius 2 is 1.90 bits per heavy atom. The van der Waals surface area contributed by atoms with Crippen molar-refractivity contribution in [3.8, 4) is 0 Å². The molecule has 0 atom stereocenters. The molecule has 0 unspecified atom stereocenters. The van der Waals surface area contributed by atoms with Crippen molar-refractivity contribution >= 4 is 49.6 Å². The molecule has 0 bridgehead atoms. The van der Waals surface area contributed by atoms with E-state index in [2.05, 4.69) is 32.6 Å². The van der Waals surface area contributed by atoms with Crippen LogP contribution in [0, 0.1) is 10.5 Å². The molecule has 1 heterocycles. The van der Waals surface area contributed by atoms with E-state index < -0.39 is 10.0 Å². The number of hydrogen-bond acceptors (Lipinski definition) is 4. The highest BCUT2D eigenvalue weighted by molar-refractivity contribution is 14.1. The van der Waals surface area contributed by atoms with Gasteiger partial charge < -0.3 is 5.32 Å². The molecule has 0 aliphatic heterocycles. The Morgan fingerprint density at radius 1 is 1.24 bits per heavy atom. The summed E-state index contributed by atoms with van der Waals surface area (Å²) in [7, 11) is -3.56. The zero-order valence-electron chi connectivity index (χ0n) is 11.8. The number of halogens is 1. The minimum absolute atomic E-state index is 0.395. The number of anilines is 1. The lowest BCUT2D eigenvalue weighted by atomic mass is 10.3. The second kappa shape index (κ2) is 7.08. The van der Waals surface area contributed by atoms with E-state index in [-0.39, 0.29) is 0 Å². The predicted molar refractivity (Wildman–Crippen MR) is 96.4 cm³/mol. The minimum atomic E-state index is -3.56. The van der Waals surface area contributed by atoms with Crippen molar-refractivity contribution in [1.29, 1.82) is 0 Å². The average Bonchev–Trinajstić information content (AvgIpc) is 2.81. The van der Waals surface area contributed by atoms with E-state index in [1.165, 1.54) is 11.3 Å². The fourth-order valence-electron chi connectivity index (χ4n) is 1.93. The Bertz CT molecular complexity index is 709. The lowest BCUT2D eigenvalue weighted by Crippen LogP contribution is -2.18. The average molecular weight is 436 g/mol. The molecule has 2 aromatic rings. The third kappa shape index (κ3) is 4.18. The number of thiophene rings is 1. The summed E-state index contributed by atoms with van der Waals surface area (Å²) in [6, 6.07) is 7.28. The summed E-state index contributed by atoms with van der Waals surface area (Å²) in [6.07, 6.45) is 0. The SMILES string of the molecule is CCNCc1scc(C)c1S(=O)(=O)Nc1ccc(I)cc1. The molecule has 114 valence electrons. The van der Waals surface area contributed by atoms with E-state index in [1.807, 2.05) is 31.4 Å². The monoisotopic (exact) mass is 436 g/mol. The molecule has 0 radical (unpaired) electrons. The van der Waals surface area contributed by atoms with E-state index in [9.17, 15) is 8.42 Å². The van der Waals surface area contributed by atoms with Gasteiger partial charge >= 0.3 is 0 Å². The summed E-state index contributed by atoms with van der Waals surface area (Å²) in [5.41, 5.74) is 1.36. The number of rotatable bonds is 6. The van der Waals surface area contributed by atoms with E-state index >= 15 is 0 Å². The van der Waals surface area contributed by atoms with Crippen LogP contribution in [0.4, 0.5) is 5.69 Å². The van der Waals surface area contributed by atoms with Gasteiger partial charge in [-0.2, -0.15) is 0 Å². The molecule has 2 rings (SSSR count). The van der Waals surface area contributed by atoms with E-state index in [4.69, 9.17) is 0 Å². The normalized spacial score (nSPS) is 11.6. The van der Waals surface area contributed by atoms with Crippen LogP contribution >= 0.6 is 33.9 Å². The third-order valence-corrected chi connectivity index (χ3v) is 6.45. The predicted octanol–water partition coefficient (Wildman–Crippen LogP) is 3.57. The van der Waals surface area contributed by atoms with Crippen LogP contribution in [0.2, 0.25) is 0 Å². The first-order chi connectivity index (χ1) is 9.94. The molecule has 7 heteroatoms. The maximum Gasteiger partial charge on any atom is 0.263 e. The van der Waals surface area contributed by atoms with Crippen molar-refractivity contribution in [2.24, 2.45) is 0 Å². The van der Waals surface area contributed by atoms with Crippen LogP contribution < -0.4 is 10.0 Å². The summed E-state index contributed by atoms with van der Waals surface area (Å²) in [5, 5.41) is 5.06. The highest BCUT2D eigenvalue weighted by Crippen LogP contribution is 2.28. The lowest BCUT2D eigenvalue weighted by molar-refractivity contribution is 0.599. The highest BCUT2D eigenvalue weighted by Gasteiger charge is 2.22. The van der Waals surface area contributed by atoms with Gasteiger partial charge in [0.2, 0.25) is 0 Å². The van der Waals surface area contributed by atoms with Gasteiger partial charge in [0.05, 0.1) is 0 Å². The molecule has 0 amide bonds. The van der Waals surface area contributed by atoms with Gasteiger partial charge in [-0.05, 0) is 71.3 Å². The van der Waals surface area contributed by atoms with Crippen LogP contribution in [0.25, 0.3) is 0 Å². The van der Waals surface area contributed by atoms with Crippen molar-refractivity contribution in [2.75, 3.05) is 11.3 Å². The number of benzene rings is 1. The van der Waals surface area contributed by atoms with Crippen LogP contribution in [0.15, 0.2) is 34.5 Å². The van der Waals surface area contributed by atoms with Gasteiger partial charge in [0.25, 0.3) is 10.0 Å². The topological polar surface area (TPSA) is 58.2 Å². The van der Waals surface area contributed by atoms with Crippen molar-refractivity contribution in [3.05, 3.63) is 43.7 Å². The van der Waals surface area contributed by atoms with Gasteiger partial charge in [-0.15, -0.1) is 11.3 Å². The molecule has 0 saturated heterocycles. The summed E-state index contributed by atoms with van der Waals surface area (Å²) < 4.78 is 29.0. The van der Waals surface area contributed by atoms with E-state index in [0.717, 1.165) is 20.6 Å². The fraction of sp³-hybridized carbons (Fsp3) is 0.286. The first-order valence-electron chi connectivity index (χ1n) is 6.50. The minimum Gasteiger partial charge on any atom is -0.312 e. The summed E-state index contributed by atoms with van der Waals surface area (Å²) in [6.45, 7) is 5.20. The van der Waals surface area contributed by atoms with Crippen LogP contribution in [0.5, 0.6) is 0 Å². The van der Waals surface area contributed by atoms with Gasteiger partial charge in [0.15, 0.2) is 0 Å². The Balaban J connectivity index is 2.31. The van der Waals surface area contributed by atoms with Gasteiger partial charge in [-0.3, -0.25) is 4.72 Å². The van der Waals surface area contributed by atoms with Gasteiger partial charge in [0.1, 0.15) is 4.90 Å². The van der Waals surface area contributed by atoms with Crippen LogP contribution in [-0.2, 0) is 16.6 Å². The number of nitrogens with one attached hydrogen (secondary N) is 2. The maximum absolute atomic E-state index is 12.6. The summed E-state index contributed by atoms with van der Waals surface area (Å²) >= 11 is 3.66. The third-order valence-electron chi connectivity index (χ3n) is 2.89. The Kier molecular flexibility index (Phi) is 5.64. The molecule has 4 nitrogen and oxygen atoms in total. The van der Waals surface area contributed by atoms with Gasteiger partial charge in [0, 0.05) is 20.7 Å². The number of aryl methyl sites for hydroxylation is 1. The van der Waals surface area contributed by atoms with Crippen LogP contribution in [0.3, 0.4) is 0 Å². The summed E-state index contributed by atoms with van der Waals surface area (Å²) in [5.74, 6) is 0. The molecule has 2 N–H and O–H groups in total. The standard InChI is InChI=1S/C14H17IN2O2S2/c1-3-16-8-13-14(10(2)9-20-13)21(18,19)17-12-6-4-11(15)5-7-12/h4-7,9,16-17H,3,8H2,1-2H3. The zero-order chi connectivity index (χ0) is 15.5. The smallest absolute Gasteiger partial charge is 0.263 e. The van der Waals surface area contributed by atoms with Crippen LogP contribution in [-0.4, -0.2) is 15.0 Å². The van der Waals surface area contributed by atoms with Crippen molar-refractivity contribution in [2.45, 2.75) is 25.3 Å². The Labute approximate surface area is 143 Å². The maximum atomic E-state index is 12.6. The van der Waals surface area contributed by atoms with Crippen LogP contribution in [0.1, 0.15) is 17.4 Å². The zero-order valence-corrected chi connectivity index (χ0v) is 15.6. The van der Waals surface area contributed by atoms with E-state index in [0.29, 0.717) is 17.1 Å². The largest absolute Gasteiger partial charge is 0.312 e. The molecule has 1 aromatic carbocycles. The fourth-order valence-corrected chi connectivity index (χ4v) is 5.13. The second-order valence-corrected chi connectivity index (χ2v) is 8.39. The van der Waals surface area contributed by atoms with Crippen molar-refractivity contribution in [1.82, 2.24) is 5.32 Å². The number of sulfonamides is 1. The lowest BCUT2D eigenvalue weighted by Gasteiger charge is -2.10. The molecule has 0 saturated carbocycles. The van der Waals surface area contributed by atoms with Crippen molar-refractivity contribution in [3.63, 3.8) is 0 Å². The molecular weight excluding hydrogens is 419 g/mol. The second-order valence-electron chi connectivity index (χ2n) is 4.56. The Hall–Kier alpha value is -0.640. The molecule has 0 fully saturated rings. The molecule has 0 spiro atoms. The van der Waals surface area contributed by atoms with E-state index in [1.54, 1.807) is 12.1 Å². The molecular formula is C14H17IN2O2S2. The Morgan fingerprint density at radius 3 is 2.52 bits per heavy atom. The van der Waals surface area contributed by atoms with Gasteiger partial charge in [-0.1, -0.05) is 6.92 Å². The molecule has 21 heavy (non-hydrogen) atoms. The summed E-state index contributed by atoms with van der Waals surface area (Å²) in [4.78, 5) is 1.24. The highest BCUT2D eigenvalue weighted by atomic mass is 127. The quantitative estimate of drug-likeness (QED) is 0.681. The molecule has 0 aliphatic carbocycles. The first kappa shape index (κ1) is 16.7. The van der Waals surface area contributed by atoms with Gasteiger partial charge in [-0.25, -0.2) is 8.42 Å².